The van der Waals surface area contributed by atoms with Crippen LogP contribution in [0.3, 0.4) is 0 Å². The molecule has 0 rings (SSSR count). The molecule has 0 aromatic carbocycles. The largest absolute Gasteiger partial charge is 0.416 e. The molecule has 0 aliphatic rings. The lowest BCUT2D eigenvalue weighted by atomic mass is 10.5. The molecule has 0 aliphatic carbocycles. The molecule has 0 N–H and O–H groups in total. The van der Waals surface area contributed by atoms with Gasteiger partial charge >= 0.3 is 5.95 Å². The molecule has 0 bridgehead atoms. The molecule has 0 amide bonds. The van der Waals surface area contributed by atoms with E-state index in [1.165, 1.54) is 13.2 Å². The first kappa shape index (κ1) is 12.0. The van der Waals surface area contributed by atoms with Crippen molar-refractivity contribution >= 4 is 6.79 Å². The van der Waals surface area contributed by atoms with Crippen molar-refractivity contribution < 1.29 is 18.6 Å². The summed E-state index contributed by atoms with van der Waals surface area (Å²) in [5, 5.41) is 0. The average Bonchev–Trinajstić information content (AvgIpc) is 2.16. The first-order valence-corrected chi connectivity index (χ1v) is 4.08. The van der Waals surface area contributed by atoms with Gasteiger partial charge in [-0.15, -0.1) is 0 Å². The van der Waals surface area contributed by atoms with E-state index in [1.54, 1.807) is 0 Å². The Morgan fingerprint density at radius 1 is 1.46 bits per heavy atom. The molecule has 0 saturated carbocycles. The van der Waals surface area contributed by atoms with Crippen LogP contribution in [0.2, 0.25) is 0 Å². The number of hydrogen-bond donors (Lipinski definition) is 0. The van der Waals surface area contributed by atoms with Crippen LogP contribution < -0.4 is 0 Å². The first-order chi connectivity index (χ1) is 6.28. The Kier molecular flexibility index (Phi) is 7.05. The van der Waals surface area contributed by atoms with Crippen molar-refractivity contribution in [2.24, 2.45) is 0 Å². The lowest BCUT2D eigenvalue weighted by molar-refractivity contribution is -0.431. The second kappa shape index (κ2) is 7.64. The van der Waals surface area contributed by atoms with Crippen molar-refractivity contribution in [3.05, 3.63) is 18.3 Å². The van der Waals surface area contributed by atoms with Gasteiger partial charge in [-0.3, -0.25) is 0 Å². The lowest BCUT2D eigenvalue weighted by Crippen LogP contribution is -2.05. The molecule has 0 heterocycles. The number of hydrogen-bond acceptors (Lipinski definition) is 3. The Labute approximate surface area is 78.8 Å². The second-order valence-corrected chi connectivity index (χ2v) is 2.00. The maximum atomic E-state index is 5.10. The Balaban J connectivity index is 4.16. The Bertz CT molecular complexity index is 165. The zero-order valence-corrected chi connectivity index (χ0v) is 8.33. The maximum Gasteiger partial charge on any atom is 0.366 e. The van der Waals surface area contributed by atoms with Gasteiger partial charge in [-0.1, -0.05) is 0 Å². The smallest absolute Gasteiger partial charge is 0.366 e. The Hall–Kier alpha value is -1.00. The van der Waals surface area contributed by atoms with Crippen molar-refractivity contribution in [1.29, 1.82) is 0 Å². The van der Waals surface area contributed by atoms with E-state index in [1.807, 2.05) is 13.8 Å². The van der Waals surface area contributed by atoms with Gasteiger partial charge in [0.1, 0.15) is 0 Å². The van der Waals surface area contributed by atoms with Crippen LogP contribution in [0.25, 0.3) is 0 Å². The molecule has 76 valence electrons. The van der Waals surface area contributed by atoms with Crippen LogP contribution in [-0.4, -0.2) is 27.1 Å². The molecule has 0 fully saturated rings. The summed E-state index contributed by atoms with van der Waals surface area (Å²) in [4.78, 5) is 0. The summed E-state index contributed by atoms with van der Waals surface area (Å²) in [6.07, 6.45) is 1.84. The molecule has 0 unspecified atom stereocenters. The minimum absolute atomic E-state index is 0.271. The summed E-state index contributed by atoms with van der Waals surface area (Å²) in [6.45, 7) is 7.97. The van der Waals surface area contributed by atoms with E-state index in [2.05, 4.69) is 11.2 Å². The standard InChI is InChI=1S/C9H16O4/c1-5-12-8(10-3)7-9(11-4)13-6-2/h7H,3,5-6H2,1-2,4H3. The molecular weight excluding hydrogens is 172 g/mol. The predicted octanol–water partition coefficient (Wildman–Crippen LogP) is 1.40. The molecular formula is C9H16O4. The van der Waals surface area contributed by atoms with Crippen LogP contribution in [0.1, 0.15) is 13.8 Å². The molecule has 4 nitrogen and oxygen atoms in total. The average molecular weight is 188 g/mol. The van der Waals surface area contributed by atoms with Crippen molar-refractivity contribution in [3.63, 3.8) is 0 Å². The molecule has 0 atom stereocenters. The summed E-state index contributed by atoms with van der Waals surface area (Å²) >= 11 is 0. The van der Waals surface area contributed by atoms with Crippen LogP contribution in [0.4, 0.5) is 0 Å². The molecule has 0 aromatic heterocycles. The molecule has 13 heavy (non-hydrogen) atoms. The van der Waals surface area contributed by atoms with Crippen molar-refractivity contribution in [2.75, 3.05) is 20.3 Å². The number of carbonyl (C=O) groups excluding carboxylic acids is 1. The van der Waals surface area contributed by atoms with E-state index < -0.39 is 0 Å². The predicted molar refractivity (Wildman–Crippen MR) is 48.7 cm³/mol. The third-order valence-electron chi connectivity index (χ3n) is 1.15. The van der Waals surface area contributed by atoms with Crippen LogP contribution in [0.5, 0.6) is 0 Å². The van der Waals surface area contributed by atoms with Crippen LogP contribution >= 0.6 is 0 Å². The molecule has 0 spiro atoms. The fraction of sp³-hybridized carbons (Fsp3) is 0.556. The fourth-order valence-corrected chi connectivity index (χ4v) is 0.665. The zero-order chi connectivity index (χ0) is 10.1. The summed E-state index contributed by atoms with van der Waals surface area (Å²) in [7, 11) is 1.51. The van der Waals surface area contributed by atoms with Gasteiger partial charge in [0.2, 0.25) is 0 Å². The van der Waals surface area contributed by atoms with Gasteiger partial charge in [-0.05, 0) is 19.9 Å². The van der Waals surface area contributed by atoms with E-state index in [0.29, 0.717) is 19.5 Å². The highest BCUT2D eigenvalue weighted by molar-refractivity contribution is 5.14. The molecule has 4 heteroatoms. The van der Waals surface area contributed by atoms with Gasteiger partial charge in [0.05, 0.1) is 0 Å². The highest BCUT2D eigenvalue weighted by Crippen LogP contribution is 2.08. The van der Waals surface area contributed by atoms with E-state index in [4.69, 9.17) is 14.2 Å². The van der Waals surface area contributed by atoms with Gasteiger partial charge < -0.3 is 18.6 Å². The zero-order valence-electron chi connectivity index (χ0n) is 8.33. The first-order valence-electron chi connectivity index (χ1n) is 4.08. The fourth-order valence-electron chi connectivity index (χ4n) is 0.665. The van der Waals surface area contributed by atoms with Gasteiger partial charge in [0.25, 0.3) is 0 Å². The third kappa shape index (κ3) is 5.27. The summed E-state index contributed by atoms with van der Waals surface area (Å²) < 4.78 is 19.7. The van der Waals surface area contributed by atoms with Crippen LogP contribution in [0.15, 0.2) is 12.0 Å². The Morgan fingerprint density at radius 2 is 2.15 bits per heavy atom. The molecule has 0 aromatic rings. The lowest BCUT2D eigenvalue weighted by Gasteiger charge is -2.17. The van der Waals surface area contributed by atoms with Crippen molar-refractivity contribution in [1.82, 2.24) is 0 Å². The normalized spacial score (nSPS) is 11.2. The summed E-state index contributed by atoms with van der Waals surface area (Å²) in [6, 6.07) is 0. The van der Waals surface area contributed by atoms with Gasteiger partial charge in [0, 0.05) is 20.0 Å². The van der Waals surface area contributed by atoms with Crippen molar-refractivity contribution in [2.45, 2.75) is 13.8 Å². The van der Waals surface area contributed by atoms with Gasteiger partial charge in [-0.2, -0.15) is 0 Å². The number of rotatable bonds is 7. The van der Waals surface area contributed by atoms with Crippen LogP contribution in [0, 0.1) is 6.29 Å². The molecule has 0 saturated heterocycles. The topological polar surface area (TPSA) is 39.0 Å². The summed E-state index contributed by atoms with van der Waals surface area (Å²) in [5.74, 6) is 0.271. The van der Waals surface area contributed by atoms with E-state index in [-0.39, 0.29) is 5.95 Å². The number of ether oxygens (including phenoxy) is 3. The molecule has 0 aliphatic heterocycles. The third-order valence-corrected chi connectivity index (χ3v) is 1.15. The van der Waals surface area contributed by atoms with Crippen LogP contribution in [-0.2, 0) is 18.6 Å². The highest BCUT2D eigenvalue weighted by atomic mass is 16.7. The Morgan fingerprint density at radius 3 is 2.54 bits per heavy atom. The van der Waals surface area contributed by atoms with E-state index in [9.17, 15) is 0 Å². The highest BCUT2D eigenvalue weighted by Gasteiger charge is 2.01. The van der Waals surface area contributed by atoms with Crippen molar-refractivity contribution in [3.8, 4) is 0 Å². The van der Waals surface area contributed by atoms with Gasteiger partial charge in [-0.25, -0.2) is 0 Å². The van der Waals surface area contributed by atoms with E-state index in [0.717, 1.165) is 0 Å². The summed E-state index contributed by atoms with van der Waals surface area (Å²) in [5.41, 5.74) is 0. The quantitative estimate of drug-likeness (QED) is 0.344. The minimum atomic E-state index is 0.271. The number of methoxy groups -OCH3 is 1. The van der Waals surface area contributed by atoms with E-state index >= 15 is 0 Å². The van der Waals surface area contributed by atoms with Gasteiger partial charge in [0.15, 0.2) is 13.4 Å². The SMILES string of the molecule is C=[O+]C(=C[C-](OC)OCC)OCC. The maximum absolute atomic E-state index is 5.10. The monoisotopic (exact) mass is 188 g/mol. The molecule has 0 radical (unpaired) electrons. The second-order valence-electron chi connectivity index (χ2n) is 2.00. The minimum Gasteiger partial charge on any atom is -0.416 e.